The molecule has 2 aromatic heterocycles. The van der Waals surface area contributed by atoms with E-state index in [1.807, 2.05) is 25.5 Å². The van der Waals surface area contributed by atoms with Crippen molar-refractivity contribution in [3.8, 4) is 0 Å². The molecule has 1 N–H and O–H groups in total. The lowest BCUT2D eigenvalue weighted by Crippen LogP contribution is -2.20. The Morgan fingerprint density at radius 2 is 2.18 bits per heavy atom. The van der Waals surface area contributed by atoms with Crippen molar-refractivity contribution in [2.45, 2.75) is 40.4 Å². The highest BCUT2D eigenvalue weighted by Crippen LogP contribution is 2.13. The minimum absolute atomic E-state index is 0.189. The van der Waals surface area contributed by atoms with Crippen LogP contribution in [0.4, 0.5) is 0 Å². The maximum Gasteiger partial charge on any atom is 0.244 e. The summed E-state index contributed by atoms with van der Waals surface area (Å²) < 4.78 is 3.62. The van der Waals surface area contributed by atoms with Gasteiger partial charge in [0.05, 0.1) is 17.8 Å². The number of halogens is 1. The monoisotopic (exact) mass is 321 g/mol. The summed E-state index contributed by atoms with van der Waals surface area (Å²) in [5.74, 6) is -0.189. The predicted octanol–water partition coefficient (Wildman–Crippen LogP) is 2.41. The molecule has 2 heterocycles. The molecule has 0 saturated heterocycles. The van der Waals surface area contributed by atoms with Crippen LogP contribution in [0.3, 0.4) is 0 Å². The maximum absolute atomic E-state index is 11.9. The molecule has 0 aromatic carbocycles. The van der Waals surface area contributed by atoms with Gasteiger partial charge in [-0.3, -0.25) is 14.2 Å². The minimum Gasteiger partial charge on any atom is -0.347 e. The van der Waals surface area contributed by atoms with Gasteiger partial charge in [-0.25, -0.2) is 0 Å². The standard InChI is InChI=1S/C15H20ClN5O/c1-4-20-10-13(16)14(19-20)9-17-15(22)7-6-12-8-18-21(5-2)11(12)3/h6-8,10H,4-5,9H2,1-3H3,(H,17,22)/b7-6+. The molecule has 0 aliphatic rings. The second kappa shape index (κ2) is 7.26. The van der Waals surface area contributed by atoms with E-state index in [1.54, 1.807) is 23.2 Å². The maximum atomic E-state index is 11.9. The average Bonchev–Trinajstić information content (AvgIpc) is 3.05. The van der Waals surface area contributed by atoms with Crippen LogP contribution in [0.1, 0.15) is 30.8 Å². The van der Waals surface area contributed by atoms with Crippen LogP contribution in [-0.2, 0) is 24.4 Å². The molecule has 0 atom stereocenters. The van der Waals surface area contributed by atoms with E-state index >= 15 is 0 Å². The molecule has 0 saturated carbocycles. The number of aryl methyl sites for hydroxylation is 2. The highest BCUT2D eigenvalue weighted by molar-refractivity contribution is 6.31. The van der Waals surface area contributed by atoms with Gasteiger partial charge in [0.15, 0.2) is 0 Å². The predicted molar refractivity (Wildman–Crippen MR) is 86.4 cm³/mol. The number of rotatable bonds is 6. The summed E-state index contributed by atoms with van der Waals surface area (Å²) >= 11 is 6.06. The molecule has 0 bridgehead atoms. The van der Waals surface area contributed by atoms with Gasteiger partial charge in [-0.2, -0.15) is 10.2 Å². The van der Waals surface area contributed by atoms with E-state index in [2.05, 4.69) is 15.5 Å². The zero-order chi connectivity index (χ0) is 16.1. The Morgan fingerprint density at radius 1 is 1.41 bits per heavy atom. The lowest BCUT2D eigenvalue weighted by atomic mass is 10.2. The third-order valence-electron chi connectivity index (χ3n) is 3.40. The van der Waals surface area contributed by atoms with Crippen LogP contribution >= 0.6 is 11.6 Å². The van der Waals surface area contributed by atoms with Crippen molar-refractivity contribution in [3.05, 3.63) is 40.4 Å². The molecule has 0 spiro atoms. The van der Waals surface area contributed by atoms with Crippen molar-refractivity contribution in [1.29, 1.82) is 0 Å². The third kappa shape index (κ3) is 3.76. The number of carbonyl (C=O) groups is 1. The molecule has 2 aromatic rings. The largest absolute Gasteiger partial charge is 0.347 e. The number of hydrogen-bond acceptors (Lipinski definition) is 3. The van der Waals surface area contributed by atoms with Gasteiger partial charge >= 0.3 is 0 Å². The summed E-state index contributed by atoms with van der Waals surface area (Å²) in [4.78, 5) is 11.9. The Labute approximate surface area is 134 Å². The Kier molecular flexibility index (Phi) is 5.38. The summed E-state index contributed by atoms with van der Waals surface area (Å²) in [5, 5.41) is 11.8. The van der Waals surface area contributed by atoms with Crippen molar-refractivity contribution in [3.63, 3.8) is 0 Å². The van der Waals surface area contributed by atoms with Gasteiger partial charge in [0.2, 0.25) is 5.91 Å². The van der Waals surface area contributed by atoms with Crippen molar-refractivity contribution >= 4 is 23.6 Å². The lowest BCUT2D eigenvalue weighted by molar-refractivity contribution is -0.116. The summed E-state index contributed by atoms with van der Waals surface area (Å²) in [6.07, 6.45) is 6.76. The van der Waals surface area contributed by atoms with Gasteiger partial charge in [0, 0.05) is 36.6 Å². The van der Waals surface area contributed by atoms with Crippen LogP contribution in [0.5, 0.6) is 0 Å². The molecule has 6 nitrogen and oxygen atoms in total. The first-order chi connectivity index (χ1) is 10.5. The van der Waals surface area contributed by atoms with Crippen LogP contribution in [-0.4, -0.2) is 25.5 Å². The molecular formula is C15H20ClN5O. The second-order valence-electron chi connectivity index (χ2n) is 4.83. The van der Waals surface area contributed by atoms with E-state index in [1.165, 1.54) is 6.08 Å². The van der Waals surface area contributed by atoms with Gasteiger partial charge in [0.25, 0.3) is 0 Å². The molecular weight excluding hydrogens is 302 g/mol. The van der Waals surface area contributed by atoms with E-state index < -0.39 is 0 Å². The quantitative estimate of drug-likeness (QED) is 0.831. The number of carbonyl (C=O) groups excluding carboxylic acids is 1. The van der Waals surface area contributed by atoms with E-state index in [0.717, 1.165) is 24.3 Å². The van der Waals surface area contributed by atoms with E-state index in [-0.39, 0.29) is 5.91 Å². The molecule has 0 unspecified atom stereocenters. The zero-order valence-corrected chi connectivity index (χ0v) is 13.8. The molecule has 0 fully saturated rings. The first-order valence-corrected chi connectivity index (χ1v) is 7.63. The van der Waals surface area contributed by atoms with Crippen molar-refractivity contribution in [1.82, 2.24) is 24.9 Å². The minimum atomic E-state index is -0.189. The van der Waals surface area contributed by atoms with Gasteiger partial charge in [0.1, 0.15) is 5.69 Å². The second-order valence-corrected chi connectivity index (χ2v) is 5.24. The normalized spacial score (nSPS) is 11.3. The van der Waals surface area contributed by atoms with Crippen LogP contribution in [0.15, 0.2) is 18.5 Å². The fourth-order valence-corrected chi connectivity index (χ4v) is 2.27. The van der Waals surface area contributed by atoms with Crippen molar-refractivity contribution < 1.29 is 4.79 Å². The SMILES string of the molecule is CCn1cc(Cl)c(CNC(=O)/C=C/c2cnn(CC)c2C)n1. The smallest absolute Gasteiger partial charge is 0.244 e. The van der Waals surface area contributed by atoms with E-state index in [9.17, 15) is 4.79 Å². The molecule has 118 valence electrons. The topological polar surface area (TPSA) is 64.7 Å². The first kappa shape index (κ1) is 16.3. The summed E-state index contributed by atoms with van der Waals surface area (Å²) in [6, 6.07) is 0. The molecule has 0 radical (unpaired) electrons. The van der Waals surface area contributed by atoms with Crippen LogP contribution in [0.25, 0.3) is 6.08 Å². The van der Waals surface area contributed by atoms with Gasteiger partial charge in [-0.05, 0) is 26.8 Å². The number of hydrogen-bond donors (Lipinski definition) is 1. The first-order valence-electron chi connectivity index (χ1n) is 7.25. The Hall–Kier alpha value is -2.08. The average molecular weight is 322 g/mol. The summed E-state index contributed by atoms with van der Waals surface area (Å²) in [7, 11) is 0. The van der Waals surface area contributed by atoms with Crippen LogP contribution in [0.2, 0.25) is 5.02 Å². The van der Waals surface area contributed by atoms with E-state index in [4.69, 9.17) is 11.6 Å². The van der Waals surface area contributed by atoms with Crippen molar-refractivity contribution in [2.75, 3.05) is 0 Å². The highest BCUT2D eigenvalue weighted by atomic mass is 35.5. The third-order valence-corrected chi connectivity index (χ3v) is 3.71. The molecule has 1 amide bonds. The van der Waals surface area contributed by atoms with E-state index in [0.29, 0.717) is 17.3 Å². The van der Waals surface area contributed by atoms with Gasteiger partial charge < -0.3 is 5.32 Å². The van der Waals surface area contributed by atoms with Gasteiger partial charge in [-0.15, -0.1) is 0 Å². The molecule has 2 rings (SSSR count). The molecule has 0 aliphatic heterocycles. The number of amides is 1. The van der Waals surface area contributed by atoms with Crippen LogP contribution < -0.4 is 5.32 Å². The van der Waals surface area contributed by atoms with Crippen LogP contribution in [0, 0.1) is 6.92 Å². The Balaban J connectivity index is 1.93. The zero-order valence-electron chi connectivity index (χ0n) is 13.0. The number of nitrogens with one attached hydrogen (secondary N) is 1. The molecule has 22 heavy (non-hydrogen) atoms. The lowest BCUT2D eigenvalue weighted by Gasteiger charge is -2.00. The Morgan fingerprint density at radius 3 is 2.77 bits per heavy atom. The summed E-state index contributed by atoms with van der Waals surface area (Å²) in [6.45, 7) is 7.85. The number of nitrogens with zero attached hydrogens (tertiary/aromatic N) is 4. The molecule has 0 aliphatic carbocycles. The fraction of sp³-hybridized carbons (Fsp3) is 0.400. The Bertz CT molecular complexity index is 686. The fourth-order valence-electron chi connectivity index (χ4n) is 2.06. The van der Waals surface area contributed by atoms with Gasteiger partial charge in [-0.1, -0.05) is 11.6 Å². The molecule has 7 heteroatoms. The number of aromatic nitrogens is 4. The van der Waals surface area contributed by atoms with Crippen molar-refractivity contribution in [2.24, 2.45) is 0 Å². The summed E-state index contributed by atoms with van der Waals surface area (Å²) in [5.41, 5.74) is 2.64. The highest BCUT2D eigenvalue weighted by Gasteiger charge is 2.07.